The summed E-state index contributed by atoms with van der Waals surface area (Å²) >= 11 is 0. The number of aliphatic imine (C=N–C) groups is 1. The molecule has 0 unspecified atom stereocenters. The van der Waals surface area contributed by atoms with Crippen LogP contribution in [0.5, 0.6) is 0 Å². The topological polar surface area (TPSA) is 65.3 Å². The minimum absolute atomic E-state index is 0.0292. The summed E-state index contributed by atoms with van der Waals surface area (Å²) in [7, 11) is 0. The van der Waals surface area contributed by atoms with E-state index in [4.69, 9.17) is 4.74 Å². The fourth-order valence-corrected chi connectivity index (χ4v) is 2.71. The van der Waals surface area contributed by atoms with E-state index in [-0.39, 0.29) is 6.42 Å². The number of rotatable bonds is 1. The molecule has 2 N–H and O–H groups in total. The van der Waals surface area contributed by atoms with Crippen molar-refractivity contribution in [2.24, 2.45) is 10.9 Å². The van der Waals surface area contributed by atoms with Gasteiger partial charge in [0, 0.05) is 13.1 Å². The van der Waals surface area contributed by atoms with Crippen molar-refractivity contribution in [3.05, 3.63) is 0 Å². The first kappa shape index (κ1) is 12.1. The average Bonchev–Trinajstić information content (AvgIpc) is 2.64. The number of halogens is 2. The van der Waals surface area contributed by atoms with Crippen molar-refractivity contribution in [1.82, 2.24) is 4.90 Å². The van der Waals surface area contributed by atoms with Crippen LogP contribution in [-0.4, -0.2) is 65.0 Å². The first-order valence-corrected chi connectivity index (χ1v) is 6.21. The quantitative estimate of drug-likeness (QED) is 0.688. The van der Waals surface area contributed by atoms with Gasteiger partial charge in [-0.3, -0.25) is 0 Å². The van der Waals surface area contributed by atoms with Crippen LogP contribution in [0.4, 0.5) is 8.78 Å². The number of hydrogen-bond donors (Lipinski definition) is 2. The Morgan fingerprint density at radius 2 is 2.00 bits per heavy atom. The minimum Gasteiger partial charge on any atom is -0.459 e. The van der Waals surface area contributed by atoms with Gasteiger partial charge in [0.15, 0.2) is 0 Å². The van der Waals surface area contributed by atoms with Crippen molar-refractivity contribution in [1.29, 1.82) is 0 Å². The molecule has 3 rings (SSSR count). The number of aliphatic hydroxyl groups is 2. The van der Waals surface area contributed by atoms with Gasteiger partial charge in [0.05, 0.1) is 12.0 Å². The molecule has 0 aromatic rings. The van der Waals surface area contributed by atoms with Crippen LogP contribution in [0.1, 0.15) is 12.8 Å². The molecule has 7 heteroatoms. The lowest BCUT2D eigenvalue weighted by Crippen LogP contribution is -2.53. The summed E-state index contributed by atoms with van der Waals surface area (Å²) in [6, 6.07) is -0.192. The first-order chi connectivity index (χ1) is 8.58. The molecule has 2 heterocycles. The van der Waals surface area contributed by atoms with Crippen LogP contribution >= 0.6 is 0 Å². The monoisotopic (exact) mass is 262 g/mol. The zero-order chi connectivity index (χ0) is 12.9. The second kappa shape index (κ2) is 4.31. The predicted molar refractivity (Wildman–Crippen MR) is 58.4 cm³/mol. The van der Waals surface area contributed by atoms with Crippen LogP contribution in [0.15, 0.2) is 4.99 Å². The fraction of sp³-hybridized carbons (Fsp3) is 0.909. The zero-order valence-corrected chi connectivity index (χ0v) is 9.75. The Balaban J connectivity index is 1.75. The molecule has 0 amide bonds. The molecule has 1 aliphatic carbocycles. The summed E-state index contributed by atoms with van der Waals surface area (Å²) in [5.41, 5.74) is 0. The number of aliphatic hydroxyl groups excluding tert-OH is 2. The van der Waals surface area contributed by atoms with Gasteiger partial charge in [0.2, 0.25) is 6.43 Å². The van der Waals surface area contributed by atoms with Crippen LogP contribution in [0.3, 0.4) is 0 Å². The normalized spacial score (nSPS) is 43.3. The molecule has 0 spiro atoms. The average molecular weight is 262 g/mol. The van der Waals surface area contributed by atoms with Crippen LogP contribution in [-0.2, 0) is 4.74 Å². The maximum atomic E-state index is 12.8. The van der Waals surface area contributed by atoms with E-state index in [9.17, 15) is 19.0 Å². The molecule has 1 saturated carbocycles. The Morgan fingerprint density at radius 3 is 2.56 bits per heavy atom. The Bertz CT molecular complexity index is 362. The largest absolute Gasteiger partial charge is 0.459 e. The highest BCUT2D eigenvalue weighted by molar-refractivity contribution is 5.76. The summed E-state index contributed by atoms with van der Waals surface area (Å²) in [6.07, 6.45) is -4.83. The van der Waals surface area contributed by atoms with Gasteiger partial charge < -0.3 is 19.8 Å². The maximum Gasteiger partial charge on any atom is 0.288 e. The number of nitrogens with zero attached hydrogens (tertiary/aromatic N) is 2. The SMILES string of the molecule is O[C@@H]1[C@H](O)[C@@H](C(F)F)C[C@@H]2OC(N3CCC3)=N[C@H]12. The highest BCUT2D eigenvalue weighted by Crippen LogP contribution is 2.36. The Morgan fingerprint density at radius 1 is 1.28 bits per heavy atom. The van der Waals surface area contributed by atoms with E-state index in [2.05, 4.69) is 4.99 Å². The second-order valence-electron chi connectivity index (χ2n) is 5.11. The lowest BCUT2D eigenvalue weighted by molar-refractivity contribution is -0.124. The van der Waals surface area contributed by atoms with Crippen molar-refractivity contribution in [2.75, 3.05) is 13.1 Å². The molecule has 3 aliphatic rings. The molecular formula is C11H16F2N2O3. The molecule has 102 valence electrons. The number of hydrogen-bond acceptors (Lipinski definition) is 5. The zero-order valence-electron chi connectivity index (χ0n) is 9.75. The smallest absolute Gasteiger partial charge is 0.288 e. The number of fused-ring (bicyclic) bond motifs is 1. The van der Waals surface area contributed by atoms with E-state index in [0.717, 1.165) is 19.5 Å². The van der Waals surface area contributed by atoms with Crippen molar-refractivity contribution < 1.29 is 23.7 Å². The molecule has 0 bridgehead atoms. The maximum absolute atomic E-state index is 12.8. The van der Waals surface area contributed by atoms with Gasteiger partial charge in [-0.1, -0.05) is 0 Å². The standard InChI is InChI=1S/C11H16F2N2O3/c12-10(13)5-4-6-7(9(17)8(5)16)14-11(18-6)15-2-1-3-15/h5-10,16-17H,1-4H2/t5-,6-,7-,8+,9-/m0/s1. The minimum atomic E-state index is -2.66. The first-order valence-electron chi connectivity index (χ1n) is 6.21. The molecule has 5 nitrogen and oxygen atoms in total. The van der Waals surface area contributed by atoms with Gasteiger partial charge in [-0.25, -0.2) is 13.8 Å². The molecular weight excluding hydrogens is 246 g/mol. The van der Waals surface area contributed by atoms with Gasteiger partial charge in [-0.2, -0.15) is 0 Å². The highest BCUT2D eigenvalue weighted by atomic mass is 19.3. The molecule has 18 heavy (non-hydrogen) atoms. The number of likely N-dealkylation sites (tertiary alicyclic amines) is 1. The van der Waals surface area contributed by atoms with Crippen LogP contribution in [0, 0.1) is 5.92 Å². The molecule has 2 aliphatic heterocycles. The molecule has 1 saturated heterocycles. The second-order valence-corrected chi connectivity index (χ2v) is 5.11. The third-order valence-corrected chi connectivity index (χ3v) is 3.99. The molecule has 2 fully saturated rings. The van der Waals surface area contributed by atoms with Crippen molar-refractivity contribution in [3.63, 3.8) is 0 Å². The predicted octanol–water partition coefficient (Wildman–Crippen LogP) is -0.178. The highest BCUT2D eigenvalue weighted by Gasteiger charge is 2.51. The Kier molecular flexibility index (Phi) is 2.90. The Labute approximate surface area is 103 Å². The lowest BCUT2D eigenvalue weighted by Gasteiger charge is -2.37. The van der Waals surface area contributed by atoms with E-state index >= 15 is 0 Å². The van der Waals surface area contributed by atoms with Crippen molar-refractivity contribution >= 4 is 6.02 Å². The van der Waals surface area contributed by atoms with Crippen LogP contribution in [0.2, 0.25) is 0 Å². The third-order valence-electron chi connectivity index (χ3n) is 3.99. The van der Waals surface area contributed by atoms with Gasteiger partial charge in [-0.05, 0) is 12.8 Å². The van der Waals surface area contributed by atoms with Crippen LogP contribution in [0.25, 0.3) is 0 Å². The molecule has 0 radical (unpaired) electrons. The fourth-order valence-electron chi connectivity index (χ4n) is 2.71. The molecule has 5 atom stereocenters. The van der Waals surface area contributed by atoms with E-state index in [1.165, 1.54) is 0 Å². The number of alkyl halides is 2. The summed E-state index contributed by atoms with van der Waals surface area (Å²) in [5.74, 6) is -1.24. The number of ether oxygens (including phenoxy) is 1. The summed E-state index contributed by atoms with van der Waals surface area (Å²) in [4.78, 5) is 6.13. The number of amidine groups is 1. The molecule has 0 aromatic carbocycles. The summed E-state index contributed by atoms with van der Waals surface area (Å²) in [6.45, 7) is 1.68. The van der Waals surface area contributed by atoms with E-state index < -0.39 is 36.7 Å². The van der Waals surface area contributed by atoms with Gasteiger partial charge >= 0.3 is 0 Å². The van der Waals surface area contributed by atoms with Crippen molar-refractivity contribution in [2.45, 2.75) is 43.6 Å². The summed E-state index contributed by atoms with van der Waals surface area (Å²) in [5, 5.41) is 19.6. The van der Waals surface area contributed by atoms with Crippen LogP contribution < -0.4 is 0 Å². The lowest BCUT2D eigenvalue weighted by atomic mass is 9.80. The molecule has 0 aromatic heterocycles. The van der Waals surface area contributed by atoms with Gasteiger partial charge in [0.25, 0.3) is 6.02 Å². The van der Waals surface area contributed by atoms with E-state index in [1.807, 2.05) is 4.90 Å². The summed E-state index contributed by atoms with van der Waals surface area (Å²) < 4.78 is 31.1. The third kappa shape index (κ3) is 1.76. The van der Waals surface area contributed by atoms with Crippen molar-refractivity contribution in [3.8, 4) is 0 Å². The Hall–Kier alpha value is -0.950. The van der Waals surface area contributed by atoms with E-state index in [0.29, 0.717) is 6.02 Å². The van der Waals surface area contributed by atoms with Gasteiger partial charge in [-0.15, -0.1) is 0 Å². The van der Waals surface area contributed by atoms with E-state index in [1.54, 1.807) is 0 Å². The van der Waals surface area contributed by atoms with Gasteiger partial charge in [0.1, 0.15) is 18.2 Å².